The predicted octanol–water partition coefficient (Wildman–Crippen LogP) is 4.64. The number of fused-ring (bicyclic) bond motifs is 1. The van der Waals surface area contributed by atoms with Crippen molar-refractivity contribution < 1.29 is 14.0 Å². The second-order valence-electron chi connectivity index (χ2n) is 7.97. The van der Waals surface area contributed by atoms with Gasteiger partial charge in [-0.2, -0.15) is 0 Å². The standard InChI is InChI=1S/C23H29FN2O2S/c1-5-16(4)26(23(28)15(2)3)14-21(27)25-12-10-20-19(11-13-29-20)22(25)17-6-8-18(24)9-7-17/h6-9,11,13,15-16,22H,5,10,12,14H2,1-4H3. The molecule has 1 aromatic heterocycles. The maximum atomic E-state index is 13.5. The van der Waals surface area contributed by atoms with E-state index < -0.39 is 0 Å². The summed E-state index contributed by atoms with van der Waals surface area (Å²) in [4.78, 5) is 30.9. The molecular weight excluding hydrogens is 387 g/mol. The van der Waals surface area contributed by atoms with Gasteiger partial charge in [0, 0.05) is 23.4 Å². The zero-order valence-corrected chi connectivity index (χ0v) is 18.3. The molecular formula is C23H29FN2O2S. The lowest BCUT2D eigenvalue weighted by Crippen LogP contribution is -2.50. The largest absolute Gasteiger partial charge is 0.330 e. The summed E-state index contributed by atoms with van der Waals surface area (Å²) in [5.74, 6) is -0.516. The third-order valence-electron chi connectivity index (χ3n) is 5.68. The monoisotopic (exact) mass is 416 g/mol. The Kier molecular flexibility index (Phi) is 6.73. The number of carbonyl (C=O) groups excluding carboxylic acids is 2. The number of carbonyl (C=O) groups is 2. The van der Waals surface area contributed by atoms with Crippen LogP contribution in [-0.2, 0) is 16.0 Å². The van der Waals surface area contributed by atoms with E-state index in [4.69, 9.17) is 0 Å². The molecule has 1 aliphatic rings. The zero-order chi connectivity index (χ0) is 21.1. The van der Waals surface area contributed by atoms with Gasteiger partial charge in [-0.15, -0.1) is 11.3 Å². The number of amides is 2. The van der Waals surface area contributed by atoms with Crippen LogP contribution in [0.25, 0.3) is 0 Å². The number of halogens is 1. The average Bonchev–Trinajstić information content (AvgIpc) is 3.19. The van der Waals surface area contributed by atoms with E-state index in [2.05, 4.69) is 6.07 Å². The van der Waals surface area contributed by atoms with Gasteiger partial charge < -0.3 is 9.80 Å². The van der Waals surface area contributed by atoms with Crippen LogP contribution >= 0.6 is 11.3 Å². The smallest absolute Gasteiger partial charge is 0.243 e. The summed E-state index contributed by atoms with van der Waals surface area (Å²) in [6.07, 6.45) is 1.60. The molecule has 2 aromatic rings. The van der Waals surface area contributed by atoms with Crippen LogP contribution in [-0.4, -0.2) is 40.7 Å². The minimum Gasteiger partial charge on any atom is -0.330 e. The molecule has 29 heavy (non-hydrogen) atoms. The van der Waals surface area contributed by atoms with E-state index in [-0.39, 0.29) is 42.2 Å². The molecule has 1 aromatic carbocycles. The molecule has 2 atom stereocenters. The lowest BCUT2D eigenvalue weighted by molar-refractivity contribution is -0.145. The molecule has 0 N–H and O–H groups in total. The Morgan fingerprint density at radius 2 is 1.90 bits per heavy atom. The number of rotatable bonds is 6. The normalized spacial score (nSPS) is 17.2. The quantitative estimate of drug-likeness (QED) is 0.688. The molecule has 0 aliphatic carbocycles. The highest BCUT2D eigenvalue weighted by atomic mass is 32.1. The fourth-order valence-corrected chi connectivity index (χ4v) is 4.73. The van der Waals surface area contributed by atoms with E-state index in [9.17, 15) is 14.0 Å². The van der Waals surface area contributed by atoms with Crippen LogP contribution in [0.1, 0.15) is 56.2 Å². The molecule has 2 unspecified atom stereocenters. The van der Waals surface area contributed by atoms with Crippen LogP contribution in [0.4, 0.5) is 4.39 Å². The maximum absolute atomic E-state index is 13.5. The Balaban J connectivity index is 1.91. The van der Waals surface area contributed by atoms with Gasteiger partial charge in [0.2, 0.25) is 11.8 Å². The molecule has 2 heterocycles. The van der Waals surface area contributed by atoms with Crippen molar-refractivity contribution in [2.75, 3.05) is 13.1 Å². The van der Waals surface area contributed by atoms with Crippen molar-refractivity contribution in [2.45, 2.75) is 52.6 Å². The highest BCUT2D eigenvalue weighted by Crippen LogP contribution is 2.38. The first kappa shape index (κ1) is 21.5. The second kappa shape index (κ2) is 9.08. The molecule has 1 aliphatic heterocycles. The van der Waals surface area contributed by atoms with Crippen molar-refractivity contribution in [3.63, 3.8) is 0 Å². The van der Waals surface area contributed by atoms with E-state index in [0.29, 0.717) is 6.54 Å². The molecule has 2 amide bonds. The van der Waals surface area contributed by atoms with Gasteiger partial charge in [0.25, 0.3) is 0 Å². The molecule has 0 fully saturated rings. The SMILES string of the molecule is CCC(C)N(CC(=O)N1CCc2sccc2C1c1ccc(F)cc1)C(=O)C(C)C. The van der Waals surface area contributed by atoms with Crippen molar-refractivity contribution in [3.05, 3.63) is 57.5 Å². The van der Waals surface area contributed by atoms with Gasteiger partial charge in [0.1, 0.15) is 12.4 Å². The van der Waals surface area contributed by atoms with Crippen LogP contribution in [0, 0.1) is 11.7 Å². The Bertz CT molecular complexity index is 862. The van der Waals surface area contributed by atoms with Gasteiger partial charge in [-0.05, 0) is 54.5 Å². The lowest BCUT2D eigenvalue weighted by Gasteiger charge is -2.38. The molecule has 0 spiro atoms. The van der Waals surface area contributed by atoms with E-state index >= 15 is 0 Å². The summed E-state index contributed by atoms with van der Waals surface area (Å²) in [5.41, 5.74) is 2.00. The Morgan fingerprint density at radius 3 is 2.52 bits per heavy atom. The van der Waals surface area contributed by atoms with Gasteiger partial charge in [-0.25, -0.2) is 4.39 Å². The van der Waals surface area contributed by atoms with Crippen LogP contribution in [0.3, 0.4) is 0 Å². The third kappa shape index (κ3) is 4.53. The molecule has 0 bridgehead atoms. The average molecular weight is 417 g/mol. The molecule has 3 rings (SSSR count). The van der Waals surface area contributed by atoms with Gasteiger partial charge in [0.05, 0.1) is 6.04 Å². The first-order chi connectivity index (χ1) is 13.8. The van der Waals surface area contributed by atoms with Gasteiger partial charge in [-0.1, -0.05) is 32.9 Å². The van der Waals surface area contributed by atoms with Crippen molar-refractivity contribution in [3.8, 4) is 0 Å². The molecule has 6 heteroatoms. The van der Waals surface area contributed by atoms with Gasteiger partial charge >= 0.3 is 0 Å². The lowest BCUT2D eigenvalue weighted by atomic mass is 9.93. The Hall–Kier alpha value is -2.21. The summed E-state index contributed by atoms with van der Waals surface area (Å²) in [7, 11) is 0. The highest BCUT2D eigenvalue weighted by molar-refractivity contribution is 7.10. The van der Waals surface area contributed by atoms with Crippen molar-refractivity contribution in [1.82, 2.24) is 9.80 Å². The number of hydrogen-bond acceptors (Lipinski definition) is 3. The second-order valence-corrected chi connectivity index (χ2v) is 8.97. The van der Waals surface area contributed by atoms with Crippen molar-refractivity contribution in [2.24, 2.45) is 5.92 Å². The van der Waals surface area contributed by atoms with E-state index in [0.717, 1.165) is 24.0 Å². The predicted molar refractivity (Wildman–Crippen MR) is 114 cm³/mol. The topological polar surface area (TPSA) is 40.6 Å². The van der Waals surface area contributed by atoms with Crippen LogP contribution in [0.5, 0.6) is 0 Å². The summed E-state index contributed by atoms with van der Waals surface area (Å²) in [6.45, 7) is 8.40. The van der Waals surface area contributed by atoms with E-state index in [1.54, 1.807) is 28.4 Å². The molecule has 0 radical (unpaired) electrons. The molecule has 0 saturated carbocycles. The molecule has 0 saturated heterocycles. The first-order valence-corrected chi connectivity index (χ1v) is 11.1. The first-order valence-electron chi connectivity index (χ1n) is 10.2. The van der Waals surface area contributed by atoms with Crippen molar-refractivity contribution >= 4 is 23.2 Å². The van der Waals surface area contributed by atoms with E-state index in [1.807, 2.05) is 38.0 Å². The van der Waals surface area contributed by atoms with Crippen molar-refractivity contribution in [1.29, 1.82) is 0 Å². The third-order valence-corrected chi connectivity index (χ3v) is 6.67. The minimum absolute atomic E-state index is 0.000352. The number of hydrogen-bond donors (Lipinski definition) is 0. The van der Waals surface area contributed by atoms with Gasteiger partial charge in [0.15, 0.2) is 0 Å². The zero-order valence-electron chi connectivity index (χ0n) is 17.5. The number of nitrogens with zero attached hydrogens (tertiary/aromatic N) is 2. The Labute approximate surface area is 176 Å². The summed E-state index contributed by atoms with van der Waals surface area (Å²) >= 11 is 1.70. The van der Waals surface area contributed by atoms with E-state index in [1.165, 1.54) is 17.0 Å². The fraction of sp³-hybridized carbons (Fsp3) is 0.478. The van der Waals surface area contributed by atoms with Crippen LogP contribution in [0.15, 0.2) is 35.7 Å². The number of benzene rings is 1. The number of thiophene rings is 1. The summed E-state index contributed by atoms with van der Waals surface area (Å²) in [5, 5.41) is 2.04. The van der Waals surface area contributed by atoms with Crippen LogP contribution in [0.2, 0.25) is 0 Å². The molecule has 4 nitrogen and oxygen atoms in total. The molecule has 156 valence electrons. The minimum atomic E-state index is -0.293. The summed E-state index contributed by atoms with van der Waals surface area (Å²) in [6, 6.07) is 8.18. The fourth-order valence-electron chi connectivity index (χ4n) is 3.83. The summed E-state index contributed by atoms with van der Waals surface area (Å²) < 4.78 is 13.5. The maximum Gasteiger partial charge on any atom is 0.243 e. The highest BCUT2D eigenvalue weighted by Gasteiger charge is 2.34. The van der Waals surface area contributed by atoms with Crippen LogP contribution < -0.4 is 0 Å². The van der Waals surface area contributed by atoms with Gasteiger partial charge in [-0.3, -0.25) is 9.59 Å². The Morgan fingerprint density at radius 1 is 1.21 bits per heavy atom.